The van der Waals surface area contributed by atoms with E-state index in [4.69, 9.17) is 16.2 Å². The number of carbonyl (C=O) groups is 3. The second-order valence-corrected chi connectivity index (χ2v) is 5.56. The summed E-state index contributed by atoms with van der Waals surface area (Å²) in [5.74, 6) is -1.58. The zero-order valence-corrected chi connectivity index (χ0v) is 13.2. The lowest BCUT2D eigenvalue weighted by molar-refractivity contribution is -0.128. The minimum absolute atomic E-state index is 0.117. The number of carbonyl (C=O) groups excluding carboxylic acids is 3. The predicted molar refractivity (Wildman–Crippen MR) is 84.7 cm³/mol. The van der Waals surface area contributed by atoms with Gasteiger partial charge in [-0.3, -0.25) is 9.59 Å². The Bertz CT molecular complexity index is 602. The molecule has 1 aliphatic rings. The summed E-state index contributed by atoms with van der Waals surface area (Å²) in [6.07, 6.45) is 6.00. The highest BCUT2D eigenvalue weighted by molar-refractivity contribution is 6.05. The summed E-state index contributed by atoms with van der Waals surface area (Å²) in [6.45, 7) is 0.117. The van der Waals surface area contributed by atoms with Crippen LogP contribution in [-0.4, -0.2) is 35.0 Å². The quantitative estimate of drug-likeness (QED) is 0.497. The summed E-state index contributed by atoms with van der Waals surface area (Å²) >= 11 is 0. The number of hydrogen-bond donors (Lipinski definition) is 4. The first-order valence-electron chi connectivity index (χ1n) is 7.71. The maximum atomic E-state index is 11.8. The van der Waals surface area contributed by atoms with Crippen LogP contribution in [0.15, 0.2) is 18.3 Å². The first-order valence-corrected chi connectivity index (χ1v) is 7.71. The minimum Gasteiger partial charge on any atom is -0.474 e. The number of aromatic nitrogens is 1. The Morgan fingerprint density at radius 3 is 2.54 bits per heavy atom. The molecule has 1 fully saturated rings. The molecule has 24 heavy (non-hydrogen) atoms. The molecule has 0 spiro atoms. The lowest BCUT2D eigenvalue weighted by Gasteiger charge is -2.16. The van der Waals surface area contributed by atoms with Crippen molar-refractivity contribution in [2.45, 2.75) is 44.4 Å². The molecule has 0 bridgehead atoms. The fourth-order valence-corrected chi connectivity index (χ4v) is 2.47. The first kappa shape index (κ1) is 17.5. The second-order valence-electron chi connectivity index (χ2n) is 5.56. The van der Waals surface area contributed by atoms with Crippen molar-refractivity contribution in [2.75, 3.05) is 0 Å². The molecule has 0 unspecified atom stereocenters. The van der Waals surface area contributed by atoms with Gasteiger partial charge in [0.2, 0.25) is 17.7 Å². The molecule has 9 heteroatoms. The lowest BCUT2D eigenvalue weighted by atomic mass is 10.2. The van der Waals surface area contributed by atoms with E-state index in [2.05, 4.69) is 15.6 Å². The Balaban J connectivity index is 1.92. The van der Waals surface area contributed by atoms with Crippen LogP contribution in [0, 0.1) is 0 Å². The zero-order chi connectivity index (χ0) is 17.5. The van der Waals surface area contributed by atoms with Crippen molar-refractivity contribution < 1.29 is 19.1 Å². The molecule has 9 nitrogen and oxygen atoms in total. The van der Waals surface area contributed by atoms with Crippen LogP contribution in [0.25, 0.3) is 0 Å². The van der Waals surface area contributed by atoms with Gasteiger partial charge in [-0.1, -0.05) is 6.07 Å². The molecule has 130 valence electrons. The van der Waals surface area contributed by atoms with E-state index >= 15 is 0 Å². The van der Waals surface area contributed by atoms with E-state index in [0.717, 1.165) is 25.7 Å². The van der Waals surface area contributed by atoms with E-state index in [9.17, 15) is 14.4 Å². The Kier molecular flexibility index (Phi) is 5.94. The molecule has 1 aliphatic carbocycles. The SMILES string of the molecule is NC(=O)C(NC(=O)NCc1cccnc1OC1CCCC1)C(N)=O. The van der Waals surface area contributed by atoms with Gasteiger partial charge in [0.05, 0.1) is 0 Å². The van der Waals surface area contributed by atoms with E-state index in [1.807, 2.05) is 0 Å². The Morgan fingerprint density at radius 2 is 1.92 bits per heavy atom. The zero-order valence-electron chi connectivity index (χ0n) is 13.2. The third-order valence-electron chi connectivity index (χ3n) is 3.71. The molecule has 1 heterocycles. The number of amides is 4. The number of nitrogens with zero attached hydrogens (tertiary/aromatic N) is 1. The predicted octanol–water partition coefficient (Wildman–Crippen LogP) is -0.459. The monoisotopic (exact) mass is 335 g/mol. The van der Waals surface area contributed by atoms with Gasteiger partial charge in [-0.25, -0.2) is 9.78 Å². The summed E-state index contributed by atoms with van der Waals surface area (Å²) < 4.78 is 5.87. The molecule has 1 aromatic heterocycles. The molecular weight excluding hydrogens is 314 g/mol. The van der Waals surface area contributed by atoms with Crippen LogP contribution < -0.4 is 26.8 Å². The molecule has 4 amide bonds. The topological polar surface area (TPSA) is 149 Å². The van der Waals surface area contributed by atoms with Gasteiger partial charge in [0, 0.05) is 18.3 Å². The van der Waals surface area contributed by atoms with Gasteiger partial charge in [-0.2, -0.15) is 0 Å². The number of hydrogen-bond acceptors (Lipinski definition) is 5. The van der Waals surface area contributed by atoms with Gasteiger partial charge in [-0.15, -0.1) is 0 Å². The van der Waals surface area contributed by atoms with Crippen LogP contribution in [-0.2, 0) is 16.1 Å². The van der Waals surface area contributed by atoms with Crippen molar-refractivity contribution in [1.29, 1.82) is 0 Å². The lowest BCUT2D eigenvalue weighted by Crippen LogP contribution is -2.54. The number of ether oxygens (including phenoxy) is 1. The van der Waals surface area contributed by atoms with Crippen molar-refractivity contribution in [1.82, 2.24) is 15.6 Å². The van der Waals surface area contributed by atoms with E-state index in [0.29, 0.717) is 11.4 Å². The number of rotatable bonds is 7. The summed E-state index contributed by atoms with van der Waals surface area (Å²) in [5, 5.41) is 4.64. The van der Waals surface area contributed by atoms with E-state index in [1.54, 1.807) is 18.3 Å². The van der Waals surface area contributed by atoms with Gasteiger partial charge in [0.1, 0.15) is 6.10 Å². The first-order chi connectivity index (χ1) is 11.5. The Hall–Kier alpha value is -2.84. The molecule has 0 saturated heterocycles. The molecule has 2 rings (SSSR count). The molecule has 0 aliphatic heterocycles. The largest absolute Gasteiger partial charge is 0.474 e. The van der Waals surface area contributed by atoms with Crippen LogP contribution in [0.5, 0.6) is 5.88 Å². The minimum atomic E-state index is -1.56. The number of urea groups is 1. The van der Waals surface area contributed by atoms with Crippen molar-refractivity contribution in [2.24, 2.45) is 11.5 Å². The van der Waals surface area contributed by atoms with Gasteiger partial charge < -0.3 is 26.8 Å². The van der Waals surface area contributed by atoms with Gasteiger partial charge in [-0.05, 0) is 31.7 Å². The Morgan fingerprint density at radius 1 is 1.25 bits per heavy atom. The molecule has 0 atom stereocenters. The number of primary amides is 2. The molecule has 0 aromatic carbocycles. The summed E-state index contributed by atoms with van der Waals surface area (Å²) in [4.78, 5) is 38.1. The highest BCUT2D eigenvalue weighted by atomic mass is 16.5. The normalized spacial score (nSPS) is 14.4. The molecule has 0 radical (unpaired) electrons. The van der Waals surface area contributed by atoms with Crippen molar-refractivity contribution in [3.63, 3.8) is 0 Å². The van der Waals surface area contributed by atoms with Crippen LogP contribution in [0.4, 0.5) is 4.79 Å². The summed E-state index contributed by atoms with van der Waals surface area (Å²) in [6, 6.07) is 1.20. The second kappa shape index (κ2) is 8.14. The van der Waals surface area contributed by atoms with Gasteiger partial charge in [0.15, 0.2) is 6.04 Å². The summed E-state index contributed by atoms with van der Waals surface area (Å²) in [7, 11) is 0. The standard InChI is InChI=1S/C15H21N5O4/c16-12(21)11(13(17)22)20-15(23)19-8-9-4-3-7-18-14(9)24-10-5-1-2-6-10/h3-4,7,10-11H,1-2,5-6,8H2,(H2,16,21)(H2,17,22)(H2,19,20,23). The Labute approximate surface area is 139 Å². The van der Waals surface area contributed by atoms with Crippen LogP contribution in [0.3, 0.4) is 0 Å². The van der Waals surface area contributed by atoms with E-state index in [1.165, 1.54) is 0 Å². The summed E-state index contributed by atoms with van der Waals surface area (Å²) in [5.41, 5.74) is 10.7. The smallest absolute Gasteiger partial charge is 0.316 e. The number of nitrogens with one attached hydrogen (secondary N) is 2. The third-order valence-corrected chi connectivity index (χ3v) is 3.71. The van der Waals surface area contributed by atoms with Crippen LogP contribution in [0.1, 0.15) is 31.2 Å². The third kappa shape index (κ3) is 4.83. The highest BCUT2D eigenvalue weighted by Gasteiger charge is 2.24. The van der Waals surface area contributed by atoms with Crippen molar-refractivity contribution in [3.05, 3.63) is 23.9 Å². The highest BCUT2D eigenvalue weighted by Crippen LogP contribution is 2.24. The molecular formula is C15H21N5O4. The van der Waals surface area contributed by atoms with Crippen molar-refractivity contribution >= 4 is 17.8 Å². The molecule has 1 saturated carbocycles. The average Bonchev–Trinajstić information content (AvgIpc) is 3.04. The van der Waals surface area contributed by atoms with Gasteiger partial charge >= 0.3 is 6.03 Å². The van der Waals surface area contributed by atoms with Crippen LogP contribution in [0.2, 0.25) is 0 Å². The van der Waals surface area contributed by atoms with Gasteiger partial charge in [0.25, 0.3) is 0 Å². The maximum Gasteiger partial charge on any atom is 0.316 e. The number of nitrogens with two attached hydrogens (primary N) is 2. The maximum absolute atomic E-state index is 11.8. The fraction of sp³-hybridized carbons (Fsp3) is 0.467. The van der Waals surface area contributed by atoms with Crippen LogP contribution >= 0.6 is 0 Å². The van der Waals surface area contributed by atoms with Crippen molar-refractivity contribution in [3.8, 4) is 5.88 Å². The average molecular weight is 335 g/mol. The van der Waals surface area contributed by atoms with E-state index in [-0.39, 0.29) is 12.6 Å². The number of pyridine rings is 1. The molecule has 6 N–H and O–H groups in total. The fourth-order valence-electron chi connectivity index (χ4n) is 2.47. The molecule has 1 aromatic rings. The van der Waals surface area contributed by atoms with E-state index < -0.39 is 23.9 Å².